The van der Waals surface area contributed by atoms with E-state index in [-0.39, 0.29) is 55.4 Å². The fourth-order valence-electron chi connectivity index (χ4n) is 17.2. The van der Waals surface area contributed by atoms with Gasteiger partial charge in [-0.05, 0) is 232 Å². The second kappa shape index (κ2) is 18.7. The molecule has 446 valence electrons. The van der Waals surface area contributed by atoms with E-state index in [1.165, 1.54) is 124 Å². The number of hydrogen-bond donors (Lipinski definition) is 0. The average molecular weight is 1150 g/mol. The summed E-state index contributed by atoms with van der Waals surface area (Å²) < 4.78 is 0. The largest absolute Gasteiger partial charge is 0.311 e. The van der Waals surface area contributed by atoms with Gasteiger partial charge in [0.15, 0.2) is 0 Å². The van der Waals surface area contributed by atoms with E-state index in [9.17, 15) is 0 Å². The van der Waals surface area contributed by atoms with Crippen LogP contribution < -0.4 is 31.1 Å². The van der Waals surface area contributed by atoms with Gasteiger partial charge < -0.3 is 14.7 Å². The zero-order valence-electron chi connectivity index (χ0n) is 56.5. The van der Waals surface area contributed by atoms with Crippen LogP contribution in [-0.2, 0) is 48.7 Å². The maximum absolute atomic E-state index is 2.80. The standard InChI is InChI=1S/C83H96BN3/c1-75(2,3)51-28-32-53(33-29-51)85(54-34-30-52(31-35-54)76(4,5)6)56-45-71-74-72(46-56)87(68-27-23-25-58-57-24-21-22-26-59(57)83(19,20)73(58)68)70-50-65-63(80(13,14)41-43-82(65,17)18)48-67(70)84(74)66-47-62-64(81(15,16)42-40-79(62,11)12)49-69(66)86(71)55-36-37-60-61(44-55)78(9,10)39-38-77(60,7)8/h21-37,44-50H,38-43H2,1-20H3. The monoisotopic (exact) mass is 1150 g/mol. The summed E-state index contributed by atoms with van der Waals surface area (Å²) in [5.41, 5.74) is 32.2. The van der Waals surface area contributed by atoms with Gasteiger partial charge in [0.1, 0.15) is 0 Å². The number of nitrogens with zero attached hydrogens (tertiary/aromatic N) is 3. The van der Waals surface area contributed by atoms with Crippen LogP contribution in [0.25, 0.3) is 11.1 Å². The molecule has 87 heavy (non-hydrogen) atoms. The molecule has 6 aliphatic rings. The molecule has 4 aliphatic carbocycles. The number of anilines is 9. The van der Waals surface area contributed by atoms with Crippen LogP contribution in [-0.4, -0.2) is 6.71 Å². The predicted molar refractivity (Wildman–Crippen MR) is 376 cm³/mol. The van der Waals surface area contributed by atoms with E-state index in [1.54, 1.807) is 0 Å². The van der Waals surface area contributed by atoms with Gasteiger partial charge in [0, 0.05) is 45.2 Å². The normalized spacial score (nSPS) is 19.8. The van der Waals surface area contributed by atoms with Crippen LogP contribution in [0.3, 0.4) is 0 Å². The Morgan fingerprint density at radius 3 is 1.24 bits per heavy atom. The lowest BCUT2D eigenvalue weighted by atomic mass is 9.32. The third-order valence-electron chi connectivity index (χ3n) is 23.1. The molecule has 8 aromatic rings. The van der Waals surface area contributed by atoms with Gasteiger partial charge in [0.2, 0.25) is 0 Å². The molecule has 3 nitrogen and oxygen atoms in total. The van der Waals surface area contributed by atoms with Crippen molar-refractivity contribution in [3.63, 3.8) is 0 Å². The van der Waals surface area contributed by atoms with E-state index in [1.807, 2.05) is 0 Å². The van der Waals surface area contributed by atoms with Crippen LogP contribution in [0.1, 0.15) is 233 Å². The lowest BCUT2D eigenvalue weighted by Crippen LogP contribution is -2.62. The van der Waals surface area contributed by atoms with Crippen molar-refractivity contribution >= 4 is 74.3 Å². The summed E-state index contributed by atoms with van der Waals surface area (Å²) in [6.07, 6.45) is 6.93. The van der Waals surface area contributed by atoms with E-state index >= 15 is 0 Å². The first-order chi connectivity index (χ1) is 40.6. The molecule has 14 rings (SSSR count). The van der Waals surface area contributed by atoms with Gasteiger partial charge in [-0.2, -0.15) is 0 Å². The van der Waals surface area contributed by atoms with Crippen LogP contribution in [0.4, 0.5) is 51.2 Å². The highest BCUT2D eigenvalue weighted by atomic mass is 15.2. The summed E-state index contributed by atoms with van der Waals surface area (Å²) in [5.74, 6) is 0. The first-order valence-electron chi connectivity index (χ1n) is 33.2. The van der Waals surface area contributed by atoms with Gasteiger partial charge >= 0.3 is 0 Å². The molecule has 0 saturated heterocycles. The lowest BCUT2D eigenvalue weighted by molar-refractivity contribution is 0.332. The molecular formula is C83H96BN3. The van der Waals surface area contributed by atoms with Crippen molar-refractivity contribution in [2.24, 2.45) is 0 Å². The maximum Gasteiger partial charge on any atom is 0.252 e. The summed E-state index contributed by atoms with van der Waals surface area (Å²) >= 11 is 0. The topological polar surface area (TPSA) is 9.72 Å². The van der Waals surface area contributed by atoms with Crippen molar-refractivity contribution in [1.29, 1.82) is 0 Å². The van der Waals surface area contributed by atoms with E-state index in [2.05, 4.69) is 299 Å². The first kappa shape index (κ1) is 57.9. The maximum atomic E-state index is 2.80. The SMILES string of the molecule is CC(C)(C)c1ccc(N(c2ccc(C(C)(C)C)cc2)c2cc3c4c(c2)N(c2cccc5c2C(C)(C)c2ccccc2-5)c2cc5c(cc2B4c2cc4c(cc2N3c2ccc3c(c2)C(C)(C)CCC3(C)C)C(C)(C)CCC4(C)C)C(C)(C)CCC5(C)C)cc1. The van der Waals surface area contributed by atoms with Crippen LogP contribution in [0, 0.1) is 0 Å². The number of fused-ring (bicyclic) bond motifs is 10. The Bertz CT molecular complexity index is 4110. The quantitative estimate of drug-likeness (QED) is 0.159. The van der Waals surface area contributed by atoms with Gasteiger partial charge in [-0.1, -0.05) is 217 Å². The zero-order chi connectivity index (χ0) is 61.9. The van der Waals surface area contributed by atoms with Crippen LogP contribution >= 0.6 is 0 Å². The molecule has 4 heteroatoms. The third-order valence-corrected chi connectivity index (χ3v) is 23.1. The van der Waals surface area contributed by atoms with Crippen molar-refractivity contribution in [3.05, 3.63) is 201 Å². The van der Waals surface area contributed by atoms with Gasteiger partial charge in [-0.3, -0.25) is 0 Å². The highest BCUT2D eigenvalue weighted by Crippen LogP contribution is 2.59. The summed E-state index contributed by atoms with van der Waals surface area (Å²) in [7, 11) is 0. The Hall–Kier alpha value is -6.78. The summed E-state index contributed by atoms with van der Waals surface area (Å²) in [4.78, 5) is 8.16. The minimum absolute atomic E-state index is 0.00125. The molecule has 0 N–H and O–H groups in total. The third kappa shape index (κ3) is 8.76. The molecule has 0 atom stereocenters. The Kier molecular flexibility index (Phi) is 12.4. The van der Waals surface area contributed by atoms with E-state index < -0.39 is 0 Å². The number of hydrogen-bond acceptors (Lipinski definition) is 3. The Morgan fingerprint density at radius 2 is 0.759 bits per heavy atom. The molecule has 2 heterocycles. The van der Waals surface area contributed by atoms with Crippen molar-refractivity contribution in [2.75, 3.05) is 14.7 Å². The number of benzene rings is 8. The minimum atomic E-state index is -0.276. The zero-order valence-corrected chi connectivity index (χ0v) is 56.5. The van der Waals surface area contributed by atoms with E-state index in [0.717, 1.165) is 49.2 Å². The molecular weight excluding hydrogens is 1050 g/mol. The molecule has 2 aliphatic heterocycles. The second-order valence-electron chi connectivity index (χ2n) is 34.2. The summed E-state index contributed by atoms with van der Waals surface area (Å²) in [5, 5.41) is 0. The molecule has 8 aromatic carbocycles. The van der Waals surface area contributed by atoms with Crippen LogP contribution in [0.2, 0.25) is 0 Å². The summed E-state index contributed by atoms with van der Waals surface area (Å²) in [6.45, 7) is 49.0. The highest BCUT2D eigenvalue weighted by molar-refractivity contribution is 7.00. The molecule has 0 aromatic heterocycles. The van der Waals surface area contributed by atoms with Gasteiger partial charge in [-0.15, -0.1) is 0 Å². The minimum Gasteiger partial charge on any atom is -0.311 e. The molecule has 0 radical (unpaired) electrons. The van der Waals surface area contributed by atoms with E-state index in [4.69, 9.17) is 0 Å². The smallest absolute Gasteiger partial charge is 0.252 e. The van der Waals surface area contributed by atoms with Gasteiger partial charge in [0.05, 0.1) is 11.4 Å². The highest BCUT2D eigenvalue weighted by Gasteiger charge is 2.51. The Morgan fingerprint density at radius 1 is 0.345 bits per heavy atom. The molecule has 0 unspecified atom stereocenters. The predicted octanol–water partition coefficient (Wildman–Crippen LogP) is 21.2. The van der Waals surface area contributed by atoms with Gasteiger partial charge in [0.25, 0.3) is 6.71 Å². The molecule has 0 amide bonds. The van der Waals surface area contributed by atoms with Crippen LogP contribution in [0.5, 0.6) is 0 Å². The lowest BCUT2D eigenvalue weighted by Gasteiger charge is -2.49. The van der Waals surface area contributed by atoms with Crippen LogP contribution in [0.15, 0.2) is 146 Å². The molecule has 0 fully saturated rings. The van der Waals surface area contributed by atoms with Crippen molar-refractivity contribution in [2.45, 2.75) is 226 Å². The molecule has 0 spiro atoms. The molecule has 0 saturated carbocycles. The van der Waals surface area contributed by atoms with Crippen molar-refractivity contribution in [1.82, 2.24) is 0 Å². The fraction of sp³-hybridized carbons (Fsp3) is 0.422. The second-order valence-corrected chi connectivity index (χ2v) is 34.2. The molecule has 0 bridgehead atoms. The Labute approximate surface area is 524 Å². The van der Waals surface area contributed by atoms with E-state index in [0.29, 0.717) is 0 Å². The van der Waals surface area contributed by atoms with Crippen molar-refractivity contribution < 1.29 is 0 Å². The van der Waals surface area contributed by atoms with Crippen molar-refractivity contribution in [3.8, 4) is 11.1 Å². The average Bonchev–Trinajstić information content (AvgIpc) is 1.16. The fourth-order valence-corrected chi connectivity index (χ4v) is 17.2. The number of rotatable bonds is 5. The van der Waals surface area contributed by atoms with Gasteiger partial charge in [-0.25, -0.2) is 0 Å². The summed E-state index contributed by atoms with van der Waals surface area (Å²) in [6, 6.07) is 59.4. The Balaban J connectivity index is 1.17. The first-order valence-corrected chi connectivity index (χ1v) is 33.2.